The molecule has 1 unspecified atom stereocenters. The molecule has 0 spiro atoms. The summed E-state index contributed by atoms with van der Waals surface area (Å²) >= 11 is 1.78. The lowest BCUT2D eigenvalue weighted by molar-refractivity contribution is 0.153. The van der Waals surface area contributed by atoms with Gasteiger partial charge in [0.2, 0.25) is 0 Å². The van der Waals surface area contributed by atoms with Gasteiger partial charge in [-0.2, -0.15) is 0 Å². The number of dihydropyridines is 1. The molecule has 39 heavy (non-hydrogen) atoms. The van der Waals surface area contributed by atoms with E-state index in [0.29, 0.717) is 25.2 Å². The molecule has 0 aromatic carbocycles. The molecule has 0 bridgehead atoms. The van der Waals surface area contributed by atoms with Crippen molar-refractivity contribution in [3.05, 3.63) is 86.9 Å². The van der Waals surface area contributed by atoms with Crippen LogP contribution < -0.4 is 16.0 Å². The predicted molar refractivity (Wildman–Crippen MR) is 150 cm³/mol. The van der Waals surface area contributed by atoms with E-state index in [0.717, 1.165) is 34.5 Å². The lowest BCUT2D eigenvalue weighted by Gasteiger charge is -2.25. The molecule has 3 aliphatic rings. The quantitative estimate of drug-likeness (QED) is 0.249. The van der Waals surface area contributed by atoms with Crippen molar-refractivity contribution >= 4 is 28.4 Å². The van der Waals surface area contributed by atoms with Gasteiger partial charge in [-0.3, -0.25) is 10.3 Å². The zero-order valence-electron chi connectivity index (χ0n) is 21.7. The van der Waals surface area contributed by atoms with E-state index in [2.05, 4.69) is 54.8 Å². The Bertz CT molecular complexity index is 1490. The Morgan fingerprint density at radius 1 is 1.18 bits per heavy atom. The number of imidazole rings is 1. The van der Waals surface area contributed by atoms with Gasteiger partial charge in [-0.25, -0.2) is 13.8 Å². The molecule has 1 aliphatic heterocycles. The van der Waals surface area contributed by atoms with Gasteiger partial charge in [-0.1, -0.05) is 29.9 Å². The van der Waals surface area contributed by atoms with Crippen LogP contribution in [0.5, 0.6) is 0 Å². The maximum atomic E-state index is 13.7. The van der Waals surface area contributed by atoms with Crippen LogP contribution in [-0.4, -0.2) is 51.3 Å². The number of pyridine rings is 1. The molecule has 0 saturated heterocycles. The Kier molecular flexibility index (Phi) is 7.33. The molecule has 6 rings (SSSR count). The highest BCUT2D eigenvalue weighted by Gasteiger charge is 2.26. The SMILES string of the molecule is Cn1cnc2cnc3c(c21)C[C@H](c1ccc(CNC2=C([C@H](O)NCC4=CCC(F)[C@H](F)C4)C=CCN2)s1)C=C3. The minimum atomic E-state index is -1.47. The summed E-state index contributed by atoms with van der Waals surface area (Å²) < 4.78 is 29.2. The van der Waals surface area contributed by atoms with Crippen LogP contribution in [0.2, 0.25) is 0 Å². The van der Waals surface area contributed by atoms with E-state index < -0.39 is 18.6 Å². The Morgan fingerprint density at radius 3 is 2.95 bits per heavy atom. The topological polar surface area (TPSA) is 87.0 Å². The number of halogens is 2. The first-order valence-electron chi connectivity index (χ1n) is 13.3. The molecule has 4 N–H and O–H groups in total. The van der Waals surface area contributed by atoms with Gasteiger partial charge in [0.25, 0.3) is 0 Å². The molecule has 204 valence electrons. The van der Waals surface area contributed by atoms with Gasteiger partial charge >= 0.3 is 0 Å². The van der Waals surface area contributed by atoms with Gasteiger partial charge in [0.1, 0.15) is 29.9 Å². The van der Waals surface area contributed by atoms with Gasteiger partial charge in [0.05, 0.1) is 30.3 Å². The van der Waals surface area contributed by atoms with Crippen LogP contribution in [0.4, 0.5) is 8.78 Å². The first kappa shape index (κ1) is 25.9. The van der Waals surface area contributed by atoms with Gasteiger partial charge in [-0.05, 0) is 31.1 Å². The number of aromatic nitrogens is 3. The van der Waals surface area contributed by atoms with E-state index in [1.54, 1.807) is 17.4 Å². The standard InChI is InChI=1S/C29H32F2N6OS/c1-37-16-36-25-15-33-24-8-5-18(12-21(24)27(25)37)26-9-6-19(39-26)14-34-28-20(3-2-10-32-28)29(38)35-13-17-4-7-22(30)23(31)11-17/h2-6,8-9,15-16,18,22-23,29,32,34-35,38H,7,10-14H2,1H3/t18-,22?,23-,29+/m1/s1. The van der Waals surface area contributed by atoms with Crippen LogP contribution in [-0.2, 0) is 20.0 Å². The fraction of sp³-hybridized carbons (Fsp3) is 0.379. The number of aliphatic hydroxyl groups is 1. The number of aryl methyl sites for hydroxylation is 1. The molecule has 0 fully saturated rings. The summed E-state index contributed by atoms with van der Waals surface area (Å²) in [6, 6.07) is 4.34. The average Bonchev–Trinajstić information content (AvgIpc) is 3.59. The summed E-state index contributed by atoms with van der Waals surface area (Å²) in [4.78, 5) is 11.5. The maximum absolute atomic E-state index is 13.7. The highest BCUT2D eigenvalue weighted by molar-refractivity contribution is 7.12. The van der Waals surface area contributed by atoms with E-state index in [1.807, 2.05) is 31.7 Å². The number of aliphatic hydroxyl groups excluding tert-OH is 1. The Hall–Kier alpha value is -3.34. The molecule has 0 amide bonds. The van der Waals surface area contributed by atoms with Crippen molar-refractivity contribution in [3.8, 4) is 0 Å². The predicted octanol–water partition coefficient (Wildman–Crippen LogP) is 4.15. The van der Waals surface area contributed by atoms with Gasteiger partial charge in [-0.15, -0.1) is 11.3 Å². The number of rotatable bonds is 8. The highest BCUT2D eigenvalue weighted by Crippen LogP contribution is 2.36. The molecule has 3 aromatic heterocycles. The van der Waals surface area contributed by atoms with Crippen LogP contribution in [0, 0.1) is 0 Å². The summed E-state index contributed by atoms with van der Waals surface area (Å²) in [5, 5.41) is 20.6. The van der Waals surface area contributed by atoms with Crippen LogP contribution in [0.25, 0.3) is 17.1 Å². The molecule has 4 atom stereocenters. The number of hydrogen-bond donors (Lipinski definition) is 4. The molecular weight excluding hydrogens is 518 g/mol. The summed E-state index contributed by atoms with van der Waals surface area (Å²) in [6.45, 7) is 1.58. The van der Waals surface area contributed by atoms with Crippen molar-refractivity contribution in [3.63, 3.8) is 0 Å². The first-order chi connectivity index (χ1) is 19.0. The summed E-state index contributed by atoms with van der Waals surface area (Å²) in [5.41, 5.74) is 5.79. The Morgan fingerprint density at radius 2 is 2.08 bits per heavy atom. The number of nitrogens with one attached hydrogen (secondary N) is 3. The summed E-state index contributed by atoms with van der Waals surface area (Å²) in [6.07, 6.45) is 10.8. The van der Waals surface area contributed by atoms with Gasteiger partial charge < -0.3 is 20.3 Å². The fourth-order valence-corrected chi connectivity index (χ4v) is 6.47. The van der Waals surface area contributed by atoms with E-state index in [9.17, 15) is 13.9 Å². The van der Waals surface area contributed by atoms with Crippen LogP contribution in [0.3, 0.4) is 0 Å². The number of allylic oxidation sites excluding steroid dienone is 2. The molecular formula is C29H32F2N6OS. The monoisotopic (exact) mass is 550 g/mol. The highest BCUT2D eigenvalue weighted by atomic mass is 32.1. The van der Waals surface area contributed by atoms with E-state index in [1.165, 1.54) is 15.3 Å². The van der Waals surface area contributed by atoms with Crippen LogP contribution in [0.1, 0.15) is 39.8 Å². The van der Waals surface area contributed by atoms with Gasteiger partial charge in [0.15, 0.2) is 0 Å². The minimum absolute atomic E-state index is 0.0606. The molecule has 7 nitrogen and oxygen atoms in total. The second kappa shape index (κ2) is 11.0. The van der Waals surface area contributed by atoms with E-state index in [-0.39, 0.29) is 18.8 Å². The first-order valence-corrected chi connectivity index (χ1v) is 14.1. The normalized spacial score (nSPS) is 23.5. The number of hydrogen-bond acceptors (Lipinski definition) is 7. The maximum Gasteiger partial charge on any atom is 0.135 e. The van der Waals surface area contributed by atoms with Crippen molar-refractivity contribution < 1.29 is 13.9 Å². The lowest BCUT2D eigenvalue weighted by atomic mass is 9.90. The fourth-order valence-electron chi connectivity index (χ4n) is 5.44. The van der Waals surface area contributed by atoms with Crippen molar-refractivity contribution in [1.29, 1.82) is 0 Å². The molecule has 3 aromatic rings. The van der Waals surface area contributed by atoms with Crippen LogP contribution in [0.15, 0.2) is 65.9 Å². The third-order valence-corrected chi connectivity index (χ3v) is 8.78. The average molecular weight is 551 g/mol. The minimum Gasteiger partial charge on any atom is -0.374 e. The molecule has 0 radical (unpaired) electrons. The molecule has 2 aliphatic carbocycles. The lowest BCUT2D eigenvalue weighted by Crippen LogP contribution is -2.39. The largest absolute Gasteiger partial charge is 0.374 e. The number of alkyl halides is 2. The van der Waals surface area contributed by atoms with Crippen molar-refractivity contribution in [2.75, 3.05) is 13.1 Å². The van der Waals surface area contributed by atoms with Crippen molar-refractivity contribution in [1.82, 2.24) is 30.5 Å². The zero-order chi connectivity index (χ0) is 26.9. The summed E-state index contributed by atoms with van der Waals surface area (Å²) in [5.74, 6) is 1.04. The summed E-state index contributed by atoms with van der Waals surface area (Å²) in [7, 11) is 2.02. The van der Waals surface area contributed by atoms with E-state index in [4.69, 9.17) is 0 Å². The zero-order valence-corrected chi connectivity index (χ0v) is 22.5. The molecule has 0 saturated carbocycles. The van der Waals surface area contributed by atoms with Crippen molar-refractivity contribution in [2.45, 2.75) is 50.3 Å². The molecule has 4 heterocycles. The number of nitrogens with zero attached hydrogens (tertiary/aromatic N) is 3. The van der Waals surface area contributed by atoms with Gasteiger partial charge in [0, 0.05) is 53.4 Å². The van der Waals surface area contributed by atoms with E-state index >= 15 is 0 Å². The third-order valence-electron chi connectivity index (χ3n) is 7.57. The third kappa shape index (κ3) is 5.41. The van der Waals surface area contributed by atoms with Crippen molar-refractivity contribution in [2.24, 2.45) is 7.05 Å². The Balaban J connectivity index is 1.10. The second-order valence-corrected chi connectivity index (χ2v) is 11.5. The smallest absolute Gasteiger partial charge is 0.135 e. The Labute approximate surface area is 230 Å². The second-order valence-electron chi connectivity index (χ2n) is 10.3. The molecule has 10 heteroatoms. The number of fused-ring (bicyclic) bond motifs is 3. The van der Waals surface area contributed by atoms with Crippen LogP contribution >= 0.6 is 11.3 Å². The number of thiophene rings is 1.